The van der Waals surface area contributed by atoms with Crippen molar-refractivity contribution in [3.63, 3.8) is 0 Å². The fourth-order valence-electron chi connectivity index (χ4n) is 2.99. The summed E-state index contributed by atoms with van der Waals surface area (Å²) in [7, 11) is 0. The van der Waals surface area contributed by atoms with Crippen LogP contribution < -0.4 is 5.73 Å². The lowest BCUT2D eigenvalue weighted by atomic mass is 10.00. The van der Waals surface area contributed by atoms with Crippen molar-refractivity contribution in [1.82, 2.24) is 15.0 Å². The van der Waals surface area contributed by atoms with Gasteiger partial charge in [0.2, 0.25) is 11.7 Å². The molecule has 0 radical (unpaired) electrons. The van der Waals surface area contributed by atoms with E-state index in [1.807, 2.05) is 0 Å². The lowest BCUT2D eigenvalue weighted by Crippen LogP contribution is -2.09. The first-order valence-electron chi connectivity index (χ1n) is 8.25. The van der Waals surface area contributed by atoms with Gasteiger partial charge in [-0.1, -0.05) is 0 Å². The van der Waals surface area contributed by atoms with E-state index in [2.05, 4.69) is 15.0 Å². The molecule has 0 fully saturated rings. The number of aryl methyl sites for hydroxylation is 1. The summed E-state index contributed by atoms with van der Waals surface area (Å²) in [5.41, 5.74) is 5.76. The summed E-state index contributed by atoms with van der Waals surface area (Å²) in [5.74, 6) is -3.73. The van der Waals surface area contributed by atoms with Crippen molar-refractivity contribution in [2.45, 2.75) is 6.92 Å². The Kier molecular flexibility index (Phi) is 4.11. The van der Waals surface area contributed by atoms with Crippen LogP contribution in [-0.4, -0.2) is 20.7 Å². The van der Waals surface area contributed by atoms with Crippen LogP contribution in [0.4, 0.5) is 18.9 Å². The van der Waals surface area contributed by atoms with Gasteiger partial charge in [-0.2, -0.15) is 4.39 Å². The third kappa shape index (κ3) is 2.79. The number of anilines is 1. The van der Waals surface area contributed by atoms with E-state index in [0.29, 0.717) is 22.3 Å². The van der Waals surface area contributed by atoms with Gasteiger partial charge in [-0.15, -0.1) is 0 Å². The van der Waals surface area contributed by atoms with Gasteiger partial charge in [0.05, 0.1) is 11.3 Å². The van der Waals surface area contributed by atoms with E-state index < -0.39 is 28.9 Å². The SMILES string of the molecule is Cc1ccc(-c2cnc3[nH]cc(C(=O)c4c(F)ccc(N)c4F)c3c2)c(F)n1. The molecule has 0 aliphatic carbocycles. The number of rotatable bonds is 3. The summed E-state index contributed by atoms with van der Waals surface area (Å²) in [6.45, 7) is 1.66. The molecule has 0 saturated carbocycles. The molecule has 0 aliphatic rings. The van der Waals surface area contributed by atoms with Crippen molar-refractivity contribution < 1.29 is 18.0 Å². The monoisotopic (exact) mass is 382 g/mol. The van der Waals surface area contributed by atoms with E-state index in [0.717, 1.165) is 12.1 Å². The second-order valence-electron chi connectivity index (χ2n) is 6.27. The molecule has 3 N–H and O–H groups in total. The van der Waals surface area contributed by atoms with E-state index in [-0.39, 0.29) is 16.8 Å². The van der Waals surface area contributed by atoms with Gasteiger partial charge in [0.1, 0.15) is 11.5 Å². The molecule has 8 heteroatoms. The summed E-state index contributed by atoms with van der Waals surface area (Å²) in [5, 5.41) is 0.295. The normalized spacial score (nSPS) is 11.1. The third-order valence-corrected chi connectivity index (χ3v) is 4.42. The molecule has 3 heterocycles. The maximum atomic E-state index is 14.3. The molecule has 28 heavy (non-hydrogen) atoms. The fraction of sp³-hybridized carbons (Fsp3) is 0.0500. The highest BCUT2D eigenvalue weighted by molar-refractivity contribution is 6.16. The second-order valence-corrected chi connectivity index (χ2v) is 6.27. The van der Waals surface area contributed by atoms with Gasteiger partial charge in [0.25, 0.3) is 0 Å². The number of hydrogen-bond acceptors (Lipinski definition) is 4. The average Bonchev–Trinajstić information content (AvgIpc) is 3.08. The number of carbonyl (C=O) groups is 1. The van der Waals surface area contributed by atoms with Crippen LogP contribution in [0.5, 0.6) is 0 Å². The number of hydrogen-bond donors (Lipinski definition) is 2. The molecule has 0 spiro atoms. The standard InChI is InChI=1S/C20H13F3N4O/c1-9-2-3-11(19(23)27-9)10-6-12-13(8-26-20(12)25-7-10)18(28)16-14(21)4-5-15(24)17(16)22/h2-8H,24H2,1H3,(H,25,26). The lowest BCUT2D eigenvalue weighted by molar-refractivity contribution is 0.103. The Morgan fingerprint density at radius 3 is 2.68 bits per heavy atom. The molecule has 0 bridgehead atoms. The zero-order valence-electron chi connectivity index (χ0n) is 14.6. The highest BCUT2D eigenvalue weighted by atomic mass is 19.1. The average molecular weight is 382 g/mol. The fourth-order valence-corrected chi connectivity index (χ4v) is 2.99. The van der Waals surface area contributed by atoms with Gasteiger partial charge >= 0.3 is 0 Å². The molecule has 1 aromatic carbocycles. The molecule has 0 amide bonds. The van der Waals surface area contributed by atoms with E-state index >= 15 is 0 Å². The van der Waals surface area contributed by atoms with Crippen molar-refractivity contribution in [2.75, 3.05) is 5.73 Å². The van der Waals surface area contributed by atoms with Crippen molar-refractivity contribution in [3.8, 4) is 11.1 Å². The van der Waals surface area contributed by atoms with Crippen LogP contribution in [0, 0.1) is 24.5 Å². The molecule has 5 nitrogen and oxygen atoms in total. The number of halogens is 3. The van der Waals surface area contributed by atoms with Crippen LogP contribution in [0.25, 0.3) is 22.2 Å². The number of benzene rings is 1. The Labute approximate surface area is 157 Å². The number of nitrogens with two attached hydrogens (primary N) is 1. The van der Waals surface area contributed by atoms with Gasteiger partial charge in [0, 0.05) is 40.2 Å². The highest BCUT2D eigenvalue weighted by Gasteiger charge is 2.24. The molecule has 4 aromatic rings. The van der Waals surface area contributed by atoms with E-state index in [9.17, 15) is 18.0 Å². The zero-order chi connectivity index (χ0) is 20.0. The third-order valence-electron chi connectivity index (χ3n) is 4.42. The number of H-pyrrole nitrogens is 1. The Morgan fingerprint density at radius 2 is 1.93 bits per heavy atom. The van der Waals surface area contributed by atoms with Crippen LogP contribution >= 0.6 is 0 Å². The molecule has 4 rings (SSSR count). The molecule has 3 aromatic heterocycles. The number of aromatic nitrogens is 3. The van der Waals surface area contributed by atoms with Gasteiger partial charge in [-0.05, 0) is 37.3 Å². The largest absolute Gasteiger partial charge is 0.396 e. The highest BCUT2D eigenvalue weighted by Crippen LogP contribution is 2.29. The molecule has 0 saturated heterocycles. The first-order chi connectivity index (χ1) is 13.4. The van der Waals surface area contributed by atoms with Crippen molar-refractivity contribution in [3.05, 3.63) is 77.1 Å². The van der Waals surface area contributed by atoms with Crippen molar-refractivity contribution in [2.24, 2.45) is 0 Å². The Balaban J connectivity index is 1.88. The minimum Gasteiger partial charge on any atom is -0.396 e. The summed E-state index contributed by atoms with van der Waals surface area (Å²) < 4.78 is 42.6. The van der Waals surface area contributed by atoms with Crippen LogP contribution in [0.1, 0.15) is 21.6 Å². The number of ketones is 1. The molecule has 0 aliphatic heterocycles. The molecule has 140 valence electrons. The molecule has 0 unspecified atom stereocenters. The van der Waals surface area contributed by atoms with Gasteiger partial charge in [-0.25, -0.2) is 18.7 Å². The topological polar surface area (TPSA) is 84.7 Å². The number of aromatic amines is 1. The Bertz CT molecular complexity index is 1250. The smallest absolute Gasteiger partial charge is 0.221 e. The van der Waals surface area contributed by atoms with E-state index in [1.165, 1.54) is 18.5 Å². The number of pyridine rings is 2. The van der Waals surface area contributed by atoms with Crippen LogP contribution in [-0.2, 0) is 0 Å². The van der Waals surface area contributed by atoms with E-state index in [4.69, 9.17) is 5.73 Å². The van der Waals surface area contributed by atoms with Gasteiger partial charge < -0.3 is 10.7 Å². The molecular weight excluding hydrogens is 369 g/mol. The number of carbonyl (C=O) groups excluding carboxylic acids is 1. The van der Waals surface area contributed by atoms with Crippen molar-refractivity contribution >= 4 is 22.5 Å². The van der Waals surface area contributed by atoms with Crippen LogP contribution in [0.3, 0.4) is 0 Å². The summed E-state index contributed by atoms with van der Waals surface area (Å²) in [6.07, 6.45) is 2.72. The molecule has 0 atom stereocenters. The van der Waals surface area contributed by atoms with Crippen LogP contribution in [0.2, 0.25) is 0 Å². The van der Waals surface area contributed by atoms with E-state index in [1.54, 1.807) is 19.1 Å². The maximum Gasteiger partial charge on any atom is 0.221 e. The first kappa shape index (κ1) is 17.7. The number of nitrogen functional groups attached to an aromatic ring is 1. The van der Waals surface area contributed by atoms with Gasteiger partial charge in [-0.3, -0.25) is 4.79 Å². The number of nitrogens with one attached hydrogen (secondary N) is 1. The first-order valence-corrected chi connectivity index (χ1v) is 8.25. The van der Waals surface area contributed by atoms with Gasteiger partial charge in [0.15, 0.2) is 5.82 Å². The Morgan fingerprint density at radius 1 is 1.14 bits per heavy atom. The van der Waals surface area contributed by atoms with Crippen molar-refractivity contribution in [1.29, 1.82) is 0 Å². The molecular formula is C20H13F3N4O. The predicted molar refractivity (Wildman–Crippen MR) is 98.2 cm³/mol. The van der Waals surface area contributed by atoms with Crippen LogP contribution in [0.15, 0.2) is 42.7 Å². The second kappa shape index (κ2) is 6.49. The maximum absolute atomic E-state index is 14.3. The Hall–Kier alpha value is -3.68. The lowest BCUT2D eigenvalue weighted by Gasteiger charge is -2.07. The number of nitrogens with zero attached hydrogens (tertiary/aromatic N) is 2. The predicted octanol–water partition coefficient (Wildman–Crippen LogP) is 4.16. The summed E-state index contributed by atoms with van der Waals surface area (Å²) in [4.78, 5) is 23.5. The quantitative estimate of drug-likeness (QED) is 0.317. The minimum atomic E-state index is -1.13. The summed E-state index contributed by atoms with van der Waals surface area (Å²) in [6, 6.07) is 6.68. The number of fused-ring (bicyclic) bond motifs is 1. The summed E-state index contributed by atoms with van der Waals surface area (Å²) >= 11 is 0. The minimum absolute atomic E-state index is 0.00627. The zero-order valence-corrected chi connectivity index (χ0v) is 14.6.